The first kappa shape index (κ1) is 19.5. The summed E-state index contributed by atoms with van der Waals surface area (Å²) in [6.45, 7) is 2.87. The molecule has 1 unspecified atom stereocenters. The smallest absolute Gasteiger partial charge is 0.235 e. The van der Waals surface area contributed by atoms with Gasteiger partial charge in [0.1, 0.15) is 11.5 Å². The third-order valence-corrected chi connectivity index (χ3v) is 7.62. The Labute approximate surface area is 196 Å². The van der Waals surface area contributed by atoms with Gasteiger partial charge in [0.2, 0.25) is 5.91 Å². The number of anilines is 3. The Hall–Kier alpha value is -4.00. The van der Waals surface area contributed by atoms with Crippen LogP contribution in [0.3, 0.4) is 0 Å². The lowest BCUT2D eigenvalue weighted by molar-refractivity contribution is -0.118. The molecule has 2 aliphatic heterocycles. The Bertz CT molecular complexity index is 1490. The van der Waals surface area contributed by atoms with Crippen LogP contribution in [-0.4, -0.2) is 29.8 Å². The topological polar surface area (TPSA) is 88.3 Å². The number of nitrogens with zero attached hydrogens (tertiary/aromatic N) is 1. The second-order valence-electron chi connectivity index (χ2n) is 9.53. The third-order valence-electron chi connectivity index (χ3n) is 7.62. The molecule has 3 heterocycles. The van der Waals surface area contributed by atoms with Crippen LogP contribution in [0.25, 0.3) is 10.9 Å². The maximum Gasteiger partial charge on any atom is 0.235 e. The summed E-state index contributed by atoms with van der Waals surface area (Å²) in [5.41, 5.74) is 5.61. The minimum Gasteiger partial charge on any atom is -0.497 e. The monoisotopic (exact) mass is 452 g/mol. The maximum absolute atomic E-state index is 13.0. The quantitative estimate of drug-likeness (QED) is 0.397. The zero-order chi connectivity index (χ0) is 23.0. The molecule has 3 N–H and O–H groups in total. The van der Waals surface area contributed by atoms with E-state index in [1.807, 2.05) is 30.3 Å². The lowest BCUT2D eigenvalue weighted by atomic mass is 9.91. The fourth-order valence-corrected chi connectivity index (χ4v) is 5.68. The molecular formula is C27H24N4O3. The summed E-state index contributed by atoms with van der Waals surface area (Å²) in [6, 6.07) is 18.3. The predicted molar refractivity (Wildman–Crippen MR) is 130 cm³/mol. The first-order chi connectivity index (χ1) is 16.6. The van der Waals surface area contributed by atoms with Crippen molar-refractivity contribution in [3.05, 3.63) is 71.3 Å². The normalized spacial score (nSPS) is 24.0. The van der Waals surface area contributed by atoms with Crippen molar-refractivity contribution < 1.29 is 14.3 Å². The molecule has 1 fully saturated rings. The summed E-state index contributed by atoms with van der Waals surface area (Å²) < 4.78 is 11.3. The molecule has 1 aromatic heterocycles. The number of hydrogen-bond donors (Lipinski definition) is 3. The number of H-pyrrole nitrogens is 1. The van der Waals surface area contributed by atoms with Gasteiger partial charge in [0.25, 0.3) is 0 Å². The van der Waals surface area contributed by atoms with E-state index in [-0.39, 0.29) is 11.8 Å². The van der Waals surface area contributed by atoms with Gasteiger partial charge in [-0.2, -0.15) is 5.10 Å². The third kappa shape index (κ3) is 2.58. The van der Waals surface area contributed by atoms with Crippen molar-refractivity contribution in [2.24, 2.45) is 0 Å². The molecule has 170 valence electrons. The van der Waals surface area contributed by atoms with Crippen molar-refractivity contribution in [3.63, 3.8) is 0 Å². The Balaban J connectivity index is 1.21. The molecule has 7 nitrogen and oxygen atoms in total. The van der Waals surface area contributed by atoms with E-state index in [2.05, 4.69) is 52.0 Å². The molecule has 1 aliphatic carbocycles. The van der Waals surface area contributed by atoms with Gasteiger partial charge in [-0.05, 0) is 53.9 Å². The summed E-state index contributed by atoms with van der Waals surface area (Å²) in [4.78, 5) is 13.0. The Morgan fingerprint density at radius 1 is 1.18 bits per heavy atom. The van der Waals surface area contributed by atoms with E-state index in [0.29, 0.717) is 12.5 Å². The van der Waals surface area contributed by atoms with E-state index >= 15 is 0 Å². The zero-order valence-electron chi connectivity index (χ0n) is 18.9. The lowest BCUT2D eigenvalue weighted by Crippen LogP contribution is -2.21. The van der Waals surface area contributed by atoms with Crippen molar-refractivity contribution in [2.75, 3.05) is 24.4 Å². The van der Waals surface area contributed by atoms with E-state index in [1.165, 1.54) is 5.56 Å². The largest absolute Gasteiger partial charge is 0.497 e. The minimum atomic E-state index is -0.517. The average molecular weight is 453 g/mol. The Morgan fingerprint density at radius 3 is 2.97 bits per heavy atom. The van der Waals surface area contributed by atoms with E-state index in [9.17, 15) is 4.79 Å². The van der Waals surface area contributed by atoms with Crippen molar-refractivity contribution >= 4 is 34.0 Å². The number of benzene rings is 3. The van der Waals surface area contributed by atoms with Crippen LogP contribution >= 0.6 is 0 Å². The van der Waals surface area contributed by atoms with Crippen LogP contribution in [0.1, 0.15) is 41.9 Å². The van der Waals surface area contributed by atoms with Gasteiger partial charge in [-0.3, -0.25) is 9.89 Å². The van der Waals surface area contributed by atoms with Crippen molar-refractivity contribution in [1.29, 1.82) is 0 Å². The number of aromatic nitrogens is 2. The predicted octanol–water partition coefficient (Wildman–Crippen LogP) is 5.19. The van der Waals surface area contributed by atoms with Crippen molar-refractivity contribution in [3.8, 4) is 11.5 Å². The number of nitrogens with one attached hydrogen (secondary N) is 3. The molecule has 0 bridgehead atoms. The summed E-state index contributed by atoms with van der Waals surface area (Å²) in [6.07, 6.45) is 0.787. The van der Waals surface area contributed by atoms with Crippen LogP contribution in [0, 0.1) is 0 Å². The first-order valence-electron chi connectivity index (χ1n) is 11.6. The highest BCUT2D eigenvalue weighted by Crippen LogP contribution is 2.65. The van der Waals surface area contributed by atoms with Gasteiger partial charge in [-0.25, -0.2) is 0 Å². The number of carbonyl (C=O) groups is 1. The SMILES string of the molecule is COc1ccc2c(c1)[C@]1(C[C@H]1c1ccc3c(Nc4cccc5c4OCC5C)n[nH]c3c1)C(=O)N2. The second kappa shape index (κ2) is 6.76. The highest BCUT2D eigenvalue weighted by Gasteiger charge is 2.65. The van der Waals surface area contributed by atoms with Crippen molar-refractivity contribution in [2.45, 2.75) is 30.6 Å². The number of amides is 1. The summed E-state index contributed by atoms with van der Waals surface area (Å²) in [5, 5.41) is 15.2. The van der Waals surface area contributed by atoms with Gasteiger partial charge >= 0.3 is 0 Å². The molecule has 34 heavy (non-hydrogen) atoms. The van der Waals surface area contributed by atoms with E-state index in [1.54, 1.807) is 7.11 Å². The Kier molecular flexibility index (Phi) is 3.87. The van der Waals surface area contributed by atoms with Crippen LogP contribution in [0.15, 0.2) is 54.6 Å². The maximum atomic E-state index is 13.0. The lowest BCUT2D eigenvalue weighted by Gasteiger charge is -2.11. The van der Waals surface area contributed by atoms with Gasteiger partial charge in [-0.15, -0.1) is 0 Å². The highest BCUT2D eigenvalue weighted by molar-refractivity contribution is 6.10. The van der Waals surface area contributed by atoms with Crippen LogP contribution < -0.4 is 20.1 Å². The number of rotatable bonds is 4. The van der Waals surface area contributed by atoms with Crippen molar-refractivity contribution in [1.82, 2.24) is 10.2 Å². The van der Waals surface area contributed by atoms with Gasteiger partial charge in [0, 0.05) is 28.5 Å². The molecule has 7 rings (SSSR count). The molecular weight excluding hydrogens is 428 g/mol. The molecule has 4 aromatic rings. The number of carbonyl (C=O) groups excluding carboxylic acids is 1. The van der Waals surface area contributed by atoms with Crippen LogP contribution in [-0.2, 0) is 10.2 Å². The Morgan fingerprint density at radius 2 is 2.09 bits per heavy atom. The second-order valence-corrected chi connectivity index (χ2v) is 9.53. The molecule has 0 saturated heterocycles. The van der Waals surface area contributed by atoms with E-state index in [0.717, 1.165) is 57.1 Å². The summed E-state index contributed by atoms with van der Waals surface area (Å²) >= 11 is 0. The molecule has 7 heteroatoms. The van der Waals surface area contributed by atoms with Gasteiger partial charge < -0.3 is 20.1 Å². The van der Waals surface area contributed by atoms with E-state index in [4.69, 9.17) is 9.47 Å². The molecule has 1 spiro atoms. The number of aromatic amines is 1. The van der Waals surface area contributed by atoms with E-state index < -0.39 is 5.41 Å². The molecule has 0 radical (unpaired) electrons. The average Bonchev–Trinajstić information content (AvgIpc) is 3.18. The fraction of sp³-hybridized carbons (Fsp3) is 0.259. The van der Waals surface area contributed by atoms with Crippen LogP contribution in [0.2, 0.25) is 0 Å². The minimum absolute atomic E-state index is 0.0694. The summed E-state index contributed by atoms with van der Waals surface area (Å²) in [5.74, 6) is 3.02. The molecule has 1 saturated carbocycles. The standard InChI is InChI=1S/C27H24N4O3/c1-14-13-34-24-17(14)4-3-5-22(24)28-25-18-8-6-15(10-23(18)30-31-25)20-12-27(20)19-11-16(33-2)7-9-21(19)29-26(27)32/h3-11,14,20H,12-13H2,1-2H3,(H,29,32)(H2,28,30,31)/t14?,20-,27-/m0/s1. The number of ether oxygens (including phenoxy) is 2. The van der Waals surface area contributed by atoms with Gasteiger partial charge in [0.15, 0.2) is 5.82 Å². The number of hydrogen-bond acceptors (Lipinski definition) is 5. The summed E-state index contributed by atoms with van der Waals surface area (Å²) in [7, 11) is 1.65. The first-order valence-corrected chi connectivity index (χ1v) is 11.6. The number of fused-ring (bicyclic) bond motifs is 4. The molecule has 1 amide bonds. The zero-order valence-corrected chi connectivity index (χ0v) is 18.9. The van der Waals surface area contributed by atoms with Crippen LogP contribution in [0.5, 0.6) is 11.5 Å². The molecule has 3 aliphatic rings. The molecule has 3 aromatic carbocycles. The van der Waals surface area contributed by atoms with Gasteiger partial charge in [-0.1, -0.05) is 25.1 Å². The fourth-order valence-electron chi connectivity index (χ4n) is 5.68. The van der Waals surface area contributed by atoms with Gasteiger partial charge in [0.05, 0.1) is 30.3 Å². The number of para-hydroxylation sites is 1. The molecule has 3 atom stereocenters. The highest BCUT2D eigenvalue weighted by atomic mass is 16.5. The number of methoxy groups -OCH3 is 1. The van der Waals surface area contributed by atoms with Crippen LogP contribution in [0.4, 0.5) is 17.2 Å².